The summed E-state index contributed by atoms with van der Waals surface area (Å²) < 4.78 is 15.9. The summed E-state index contributed by atoms with van der Waals surface area (Å²) in [5, 5.41) is 2.91. The predicted molar refractivity (Wildman–Crippen MR) is 76.5 cm³/mol. The zero-order valence-corrected chi connectivity index (χ0v) is 12.2. The van der Waals surface area contributed by atoms with Gasteiger partial charge in [0.1, 0.15) is 0 Å². The summed E-state index contributed by atoms with van der Waals surface area (Å²) in [6.07, 6.45) is 2.44. The highest BCUT2D eigenvalue weighted by Crippen LogP contribution is 2.33. The second kappa shape index (κ2) is 6.61. The number of anilines is 1. The zero-order chi connectivity index (χ0) is 14.5. The van der Waals surface area contributed by atoms with Crippen LogP contribution >= 0.6 is 0 Å². The standard InChI is InChI=1S/C15H21NO4/c1-10-7-13(18-2)14(19-3)9-12(10)16-15(17)8-11-5-4-6-20-11/h7,9,11H,4-6,8H2,1-3H3,(H,16,17)/t11-/m1/s1. The van der Waals surface area contributed by atoms with E-state index in [1.807, 2.05) is 13.0 Å². The first-order chi connectivity index (χ1) is 9.63. The lowest BCUT2D eigenvalue weighted by Crippen LogP contribution is -2.19. The van der Waals surface area contributed by atoms with Crippen LogP contribution in [0.1, 0.15) is 24.8 Å². The molecule has 1 heterocycles. The Balaban J connectivity index is 2.06. The third kappa shape index (κ3) is 3.42. The molecule has 1 amide bonds. The van der Waals surface area contributed by atoms with E-state index in [0.717, 1.165) is 30.7 Å². The van der Waals surface area contributed by atoms with Gasteiger partial charge in [-0.15, -0.1) is 0 Å². The largest absolute Gasteiger partial charge is 0.493 e. The molecule has 0 saturated carbocycles. The van der Waals surface area contributed by atoms with E-state index in [1.54, 1.807) is 20.3 Å². The minimum Gasteiger partial charge on any atom is -0.493 e. The maximum absolute atomic E-state index is 12.0. The van der Waals surface area contributed by atoms with Gasteiger partial charge in [-0.05, 0) is 31.4 Å². The molecule has 0 aromatic heterocycles. The summed E-state index contributed by atoms with van der Waals surface area (Å²) in [5.74, 6) is 1.22. The van der Waals surface area contributed by atoms with Crippen molar-refractivity contribution in [1.82, 2.24) is 0 Å². The van der Waals surface area contributed by atoms with Crippen LogP contribution in [0, 0.1) is 6.92 Å². The molecule has 1 fully saturated rings. The van der Waals surface area contributed by atoms with Gasteiger partial charge in [-0.25, -0.2) is 0 Å². The molecule has 110 valence electrons. The normalized spacial score (nSPS) is 17.9. The number of hydrogen-bond donors (Lipinski definition) is 1. The molecule has 1 aliphatic rings. The summed E-state index contributed by atoms with van der Waals surface area (Å²) in [5.41, 5.74) is 1.67. The van der Waals surface area contributed by atoms with Gasteiger partial charge in [0, 0.05) is 18.4 Å². The lowest BCUT2D eigenvalue weighted by molar-refractivity contribution is -0.118. The summed E-state index contributed by atoms with van der Waals surface area (Å²) in [7, 11) is 3.16. The molecule has 1 atom stereocenters. The van der Waals surface area contributed by atoms with Gasteiger partial charge in [-0.2, -0.15) is 0 Å². The van der Waals surface area contributed by atoms with Crippen molar-refractivity contribution in [3.8, 4) is 11.5 Å². The number of amides is 1. The van der Waals surface area contributed by atoms with Gasteiger partial charge >= 0.3 is 0 Å². The maximum Gasteiger partial charge on any atom is 0.226 e. The van der Waals surface area contributed by atoms with E-state index >= 15 is 0 Å². The topological polar surface area (TPSA) is 56.8 Å². The molecule has 1 aliphatic heterocycles. The molecule has 0 radical (unpaired) electrons. The second-order valence-electron chi connectivity index (χ2n) is 4.91. The molecule has 2 rings (SSSR count). The van der Waals surface area contributed by atoms with Crippen molar-refractivity contribution in [3.05, 3.63) is 17.7 Å². The molecule has 20 heavy (non-hydrogen) atoms. The fourth-order valence-electron chi connectivity index (χ4n) is 2.33. The molecule has 0 unspecified atom stereocenters. The first-order valence-electron chi connectivity index (χ1n) is 6.78. The average Bonchev–Trinajstić information content (AvgIpc) is 2.93. The lowest BCUT2D eigenvalue weighted by Gasteiger charge is -2.14. The van der Waals surface area contributed by atoms with E-state index in [2.05, 4.69) is 5.32 Å². The minimum absolute atomic E-state index is 0.0350. The number of carbonyl (C=O) groups excluding carboxylic acids is 1. The van der Waals surface area contributed by atoms with Crippen LogP contribution in [-0.4, -0.2) is 32.8 Å². The highest BCUT2D eigenvalue weighted by Gasteiger charge is 2.19. The fourth-order valence-corrected chi connectivity index (χ4v) is 2.33. The van der Waals surface area contributed by atoms with Crippen molar-refractivity contribution in [2.75, 3.05) is 26.1 Å². The van der Waals surface area contributed by atoms with E-state index in [-0.39, 0.29) is 12.0 Å². The number of nitrogens with one attached hydrogen (secondary N) is 1. The van der Waals surface area contributed by atoms with Crippen molar-refractivity contribution >= 4 is 11.6 Å². The lowest BCUT2D eigenvalue weighted by atomic mass is 10.1. The van der Waals surface area contributed by atoms with Crippen LogP contribution in [0.3, 0.4) is 0 Å². The van der Waals surface area contributed by atoms with Crippen molar-refractivity contribution in [2.24, 2.45) is 0 Å². The minimum atomic E-state index is -0.0350. The Morgan fingerprint density at radius 1 is 1.35 bits per heavy atom. The van der Waals surface area contributed by atoms with Gasteiger partial charge < -0.3 is 19.5 Å². The molecule has 1 aromatic rings. The third-order valence-electron chi connectivity index (χ3n) is 3.44. The number of benzene rings is 1. The Morgan fingerprint density at radius 3 is 2.65 bits per heavy atom. The van der Waals surface area contributed by atoms with Crippen LogP contribution in [0.4, 0.5) is 5.69 Å². The summed E-state index contributed by atoms with van der Waals surface area (Å²) in [6, 6.07) is 3.63. The van der Waals surface area contributed by atoms with Gasteiger partial charge in [0.05, 0.1) is 26.7 Å². The van der Waals surface area contributed by atoms with Crippen LogP contribution in [0.5, 0.6) is 11.5 Å². The van der Waals surface area contributed by atoms with E-state index in [4.69, 9.17) is 14.2 Å². The molecule has 5 heteroatoms. The van der Waals surface area contributed by atoms with Crippen LogP contribution in [0.2, 0.25) is 0 Å². The van der Waals surface area contributed by atoms with Crippen molar-refractivity contribution in [3.63, 3.8) is 0 Å². The molecule has 0 bridgehead atoms. The molecular formula is C15H21NO4. The fraction of sp³-hybridized carbons (Fsp3) is 0.533. The second-order valence-corrected chi connectivity index (χ2v) is 4.91. The molecule has 1 saturated heterocycles. The maximum atomic E-state index is 12.0. The molecule has 0 aliphatic carbocycles. The van der Waals surface area contributed by atoms with E-state index < -0.39 is 0 Å². The smallest absolute Gasteiger partial charge is 0.226 e. The summed E-state index contributed by atoms with van der Waals surface area (Å²) in [6.45, 7) is 2.68. The van der Waals surface area contributed by atoms with Crippen LogP contribution in [0.15, 0.2) is 12.1 Å². The molecule has 5 nitrogen and oxygen atoms in total. The highest BCUT2D eigenvalue weighted by atomic mass is 16.5. The number of ether oxygens (including phenoxy) is 3. The Bertz CT molecular complexity index is 481. The van der Waals surface area contributed by atoms with Gasteiger partial charge in [-0.1, -0.05) is 0 Å². The van der Waals surface area contributed by atoms with Crippen molar-refractivity contribution in [2.45, 2.75) is 32.3 Å². The molecule has 0 spiro atoms. The summed E-state index contributed by atoms with van der Waals surface area (Å²) in [4.78, 5) is 12.0. The van der Waals surface area contributed by atoms with Crippen LogP contribution < -0.4 is 14.8 Å². The Morgan fingerprint density at radius 2 is 2.05 bits per heavy atom. The number of methoxy groups -OCH3 is 2. The zero-order valence-electron chi connectivity index (χ0n) is 12.2. The summed E-state index contributed by atoms with van der Waals surface area (Å²) >= 11 is 0. The van der Waals surface area contributed by atoms with Gasteiger partial charge in [-0.3, -0.25) is 4.79 Å². The Labute approximate surface area is 119 Å². The first kappa shape index (κ1) is 14.7. The first-order valence-corrected chi connectivity index (χ1v) is 6.78. The Kier molecular flexibility index (Phi) is 4.84. The number of aryl methyl sites for hydroxylation is 1. The van der Waals surface area contributed by atoms with Gasteiger partial charge in [0.2, 0.25) is 5.91 Å². The van der Waals surface area contributed by atoms with Gasteiger partial charge in [0.25, 0.3) is 0 Å². The number of hydrogen-bond acceptors (Lipinski definition) is 4. The molecule has 1 N–H and O–H groups in total. The number of carbonyl (C=O) groups is 1. The molecular weight excluding hydrogens is 258 g/mol. The van der Waals surface area contributed by atoms with Crippen molar-refractivity contribution < 1.29 is 19.0 Å². The SMILES string of the molecule is COc1cc(C)c(NC(=O)C[C@H]2CCCO2)cc1OC. The van der Waals surface area contributed by atoms with Crippen molar-refractivity contribution in [1.29, 1.82) is 0 Å². The van der Waals surface area contributed by atoms with Crippen LogP contribution in [0.25, 0.3) is 0 Å². The van der Waals surface area contributed by atoms with Crippen LogP contribution in [-0.2, 0) is 9.53 Å². The highest BCUT2D eigenvalue weighted by molar-refractivity contribution is 5.92. The van der Waals surface area contributed by atoms with E-state index in [1.165, 1.54) is 0 Å². The van der Waals surface area contributed by atoms with E-state index in [9.17, 15) is 4.79 Å². The van der Waals surface area contributed by atoms with Gasteiger partial charge in [0.15, 0.2) is 11.5 Å². The quantitative estimate of drug-likeness (QED) is 0.899. The molecule has 1 aromatic carbocycles. The monoisotopic (exact) mass is 279 g/mol. The predicted octanol–water partition coefficient (Wildman–Crippen LogP) is 2.52. The Hall–Kier alpha value is -1.75. The van der Waals surface area contributed by atoms with E-state index in [0.29, 0.717) is 17.9 Å². The third-order valence-corrected chi connectivity index (χ3v) is 3.44. The average molecular weight is 279 g/mol. The number of rotatable bonds is 5.